The first-order valence-corrected chi connectivity index (χ1v) is 8.24. The minimum atomic E-state index is 0.0268. The molecule has 0 amide bonds. The van der Waals surface area contributed by atoms with E-state index in [1.54, 1.807) is 0 Å². The number of carbonyl (C=O) groups is 1. The number of hydrogen-bond acceptors (Lipinski definition) is 2. The molecule has 0 spiro atoms. The van der Waals surface area contributed by atoms with Crippen molar-refractivity contribution in [1.29, 1.82) is 0 Å². The van der Waals surface area contributed by atoms with Crippen LogP contribution < -0.4 is 0 Å². The Hall–Kier alpha value is -3.39. The first-order valence-electron chi connectivity index (χ1n) is 8.24. The summed E-state index contributed by atoms with van der Waals surface area (Å²) in [5, 5.41) is 12.6. The number of fused-ring (bicyclic) bond motifs is 5. The summed E-state index contributed by atoms with van der Waals surface area (Å²) in [5.74, 6) is 0.254. The van der Waals surface area contributed by atoms with Crippen LogP contribution in [0.1, 0.15) is 15.9 Å². The van der Waals surface area contributed by atoms with Crippen molar-refractivity contribution in [2.24, 2.45) is 0 Å². The van der Waals surface area contributed by atoms with Gasteiger partial charge in [-0.2, -0.15) is 0 Å². The van der Waals surface area contributed by atoms with E-state index in [-0.39, 0.29) is 11.5 Å². The highest BCUT2D eigenvalue weighted by atomic mass is 16.3. The maximum absolute atomic E-state index is 13.1. The molecule has 5 rings (SSSR count). The fourth-order valence-corrected chi connectivity index (χ4v) is 3.85. The standard InChI is InChI=1S/C23H14O2/c24-22-18-13-7-5-11-16(18)21-20(19(22)14-8-2-1-3-9-14)15-10-4-6-12-17(15)23(21)25/h1-13,24H. The fraction of sp³-hybridized carbons (Fsp3) is 0. The van der Waals surface area contributed by atoms with E-state index in [4.69, 9.17) is 0 Å². The highest BCUT2D eigenvalue weighted by Crippen LogP contribution is 2.51. The topological polar surface area (TPSA) is 37.3 Å². The number of phenols is 1. The molecule has 2 nitrogen and oxygen atoms in total. The van der Waals surface area contributed by atoms with Gasteiger partial charge in [-0.05, 0) is 16.5 Å². The maximum atomic E-state index is 13.1. The van der Waals surface area contributed by atoms with Crippen molar-refractivity contribution < 1.29 is 9.90 Å². The minimum absolute atomic E-state index is 0.0268. The van der Waals surface area contributed by atoms with Gasteiger partial charge in [0.25, 0.3) is 0 Å². The fourth-order valence-electron chi connectivity index (χ4n) is 3.85. The third kappa shape index (κ3) is 1.82. The van der Waals surface area contributed by atoms with Gasteiger partial charge in [-0.3, -0.25) is 4.79 Å². The SMILES string of the molecule is O=C1c2ccccc2-c2c(-c3ccccc3)c(O)c3ccccc3c21. The van der Waals surface area contributed by atoms with Crippen LogP contribution in [0.3, 0.4) is 0 Å². The summed E-state index contributed by atoms with van der Waals surface area (Å²) in [6.07, 6.45) is 0. The molecule has 1 aliphatic rings. The van der Waals surface area contributed by atoms with Gasteiger partial charge in [-0.1, -0.05) is 78.9 Å². The molecular formula is C23H14O2. The lowest BCUT2D eigenvalue weighted by atomic mass is 9.89. The molecule has 1 aliphatic carbocycles. The van der Waals surface area contributed by atoms with E-state index < -0.39 is 0 Å². The second-order valence-electron chi connectivity index (χ2n) is 6.26. The molecule has 4 aromatic carbocycles. The zero-order valence-electron chi connectivity index (χ0n) is 13.4. The van der Waals surface area contributed by atoms with Crippen LogP contribution >= 0.6 is 0 Å². The van der Waals surface area contributed by atoms with Crippen LogP contribution in [0.4, 0.5) is 0 Å². The number of hydrogen-bond donors (Lipinski definition) is 1. The number of ketones is 1. The molecule has 118 valence electrons. The summed E-state index contributed by atoms with van der Waals surface area (Å²) < 4.78 is 0. The normalized spacial score (nSPS) is 12.2. The van der Waals surface area contributed by atoms with Crippen molar-refractivity contribution in [1.82, 2.24) is 0 Å². The molecule has 0 atom stereocenters. The smallest absolute Gasteiger partial charge is 0.194 e. The van der Waals surface area contributed by atoms with Crippen LogP contribution in [0, 0.1) is 0 Å². The van der Waals surface area contributed by atoms with Crippen molar-refractivity contribution in [2.75, 3.05) is 0 Å². The summed E-state index contributed by atoms with van der Waals surface area (Å²) in [4.78, 5) is 13.1. The zero-order valence-corrected chi connectivity index (χ0v) is 13.4. The summed E-state index contributed by atoms with van der Waals surface area (Å²) in [6.45, 7) is 0. The third-order valence-corrected chi connectivity index (χ3v) is 4.92. The molecule has 0 radical (unpaired) electrons. The molecule has 0 aliphatic heterocycles. The van der Waals surface area contributed by atoms with Crippen molar-refractivity contribution in [3.63, 3.8) is 0 Å². The number of rotatable bonds is 1. The van der Waals surface area contributed by atoms with Gasteiger partial charge >= 0.3 is 0 Å². The summed E-state index contributed by atoms with van der Waals surface area (Å²) in [5.41, 5.74) is 4.75. The molecule has 0 heterocycles. The number of carbonyl (C=O) groups excluding carboxylic acids is 1. The Kier molecular flexibility index (Phi) is 2.83. The maximum Gasteiger partial charge on any atom is 0.194 e. The second-order valence-corrected chi connectivity index (χ2v) is 6.26. The molecule has 0 fully saturated rings. The molecule has 0 aromatic heterocycles. The highest BCUT2D eigenvalue weighted by molar-refractivity contribution is 6.30. The van der Waals surface area contributed by atoms with Gasteiger partial charge in [0.15, 0.2) is 5.78 Å². The van der Waals surface area contributed by atoms with E-state index in [2.05, 4.69) is 0 Å². The van der Waals surface area contributed by atoms with E-state index >= 15 is 0 Å². The van der Waals surface area contributed by atoms with E-state index in [9.17, 15) is 9.90 Å². The molecule has 25 heavy (non-hydrogen) atoms. The average molecular weight is 322 g/mol. The molecule has 1 N–H and O–H groups in total. The van der Waals surface area contributed by atoms with Crippen LogP contribution in [0.2, 0.25) is 0 Å². The summed E-state index contributed by atoms with van der Waals surface area (Å²) in [7, 11) is 0. The Morgan fingerprint density at radius 3 is 1.92 bits per heavy atom. The molecule has 0 saturated carbocycles. The van der Waals surface area contributed by atoms with E-state index in [0.29, 0.717) is 16.5 Å². The predicted octanol–water partition coefficient (Wildman–Crippen LogP) is 5.42. The highest BCUT2D eigenvalue weighted by Gasteiger charge is 2.33. The second kappa shape index (κ2) is 5.05. The van der Waals surface area contributed by atoms with Gasteiger partial charge in [0.2, 0.25) is 0 Å². The quantitative estimate of drug-likeness (QED) is 0.447. The number of benzene rings is 4. The summed E-state index contributed by atoms with van der Waals surface area (Å²) >= 11 is 0. The lowest BCUT2D eigenvalue weighted by Gasteiger charge is -2.15. The lowest BCUT2D eigenvalue weighted by Crippen LogP contribution is -1.97. The van der Waals surface area contributed by atoms with Crippen molar-refractivity contribution in [2.45, 2.75) is 0 Å². The minimum Gasteiger partial charge on any atom is -0.507 e. The monoisotopic (exact) mass is 322 g/mol. The van der Waals surface area contributed by atoms with Gasteiger partial charge in [0.1, 0.15) is 5.75 Å². The molecular weight excluding hydrogens is 308 g/mol. The van der Waals surface area contributed by atoms with Crippen LogP contribution in [0.15, 0.2) is 78.9 Å². The van der Waals surface area contributed by atoms with E-state index in [1.165, 1.54) is 0 Å². The Morgan fingerprint density at radius 2 is 1.16 bits per heavy atom. The third-order valence-electron chi connectivity index (χ3n) is 4.92. The largest absolute Gasteiger partial charge is 0.507 e. The van der Waals surface area contributed by atoms with Crippen LogP contribution in [0.25, 0.3) is 33.0 Å². The van der Waals surface area contributed by atoms with Crippen molar-refractivity contribution in [3.05, 3.63) is 90.0 Å². The number of phenolic OH excluding ortho intramolecular Hbond substituents is 1. The van der Waals surface area contributed by atoms with Crippen LogP contribution in [-0.2, 0) is 0 Å². The molecule has 0 unspecified atom stereocenters. The zero-order chi connectivity index (χ0) is 17.0. The van der Waals surface area contributed by atoms with Gasteiger partial charge in [0, 0.05) is 27.6 Å². The first kappa shape index (κ1) is 14.0. The van der Waals surface area contributed by atoms with Crippen LogP contribution in [-0.4, -0.2) is 10.9 Å². The van der Waals surface area contributed by atoms with Gasteiger partial charge in [-0.25, -0.2) is 0 Å². The summed E-state index contributed by atoms with van der Waals surface area (Å²) in [6, 6.07) is 25.0. The van der Waals surface area contributed by atoms with E-state index in [1.807, 2.05) is 78.9 Å². The Bertz CT molecular complexity index is 1160. The lowest BCUT2D eigenvalue weighted by molar-refractivity contribution is 0.104. The Labute approximate surface area is 145 Å². The van der Waals surface area contributed by atoms with Gasteiger partial charge < -0.3 is 5.11 Å². The molecule has 4 aromatic rings. The van der Waals surface area contributed by atoms with Crippen molar-refractivity contribution >= 4 is 16.6 Å². The Morgan fingerprint density at radius 1 is 0.560 bits per heavy atom. The van der Waals surface area contributed by atoms with Gasteiger partial charge in [0.05, 0.1) is 0 Å². The Balaban J connectivity index is 2.03. The van der Waals surface area contributed by atoms with Crippen molar-refractivity contribution in [3.8, 4) is 28.0 Å². The molecule has 2 heteroatoms. The predicted molar refractivity (Wildman–Crippen MR) is 99.9 cm³/mol. The van der Waals surface area contributed by atoms with Gasteiger partial charge in [-0.15, -0.1) is 0 Å². The van der Waals surface area contributed by atoms with E-state index in [0.717, 1.165) is 27.6 Å². The molecule has 0 bridgehead atoms. The molecule has 0 saturated heterocycles. The number of aromatic hydroxyl groups is 1. The average Bonchev–Trinajstić information content (AvgIpc) is 2.96. The van der Waals surface area contributed by atoms with Crippen LogP contribution in [0.5, 0.6) is 5.75 Å². The first-order chi connectivity index (χ1) is 12.3.